The predicted octanol–water partition coefficient (Wildman–Crippen LogP) is 2.33. The van der Waals surface area contributed by atoms with Crippen LogP contribution >= 0.6 is 0 Å². The molecule has 1 atom stereocenters. The van der Waals surface area contributed by atoms with E-state index in [-0.39, 0.29) is 11.7 Å². The monoisotopic (exact) mass is 313 g/mol. The molecule has 1 N–H and O–H groups in total. The van der Waals surface area contributed by atoms with E-state index >= 15 is 0 Å². The van der Waals surface area contributed by atoms with Crippen molar-refractivity contribution < 1.29 is 9.18 Å². The number of hydrogen-bond donors (Lipinski definition) is 1. The van der Waals surface area contributed by atoms with E-state index in [2.05, 4.69) is 21.3 Å². The minimum Gasteiger partial charge on any atom is -0.353 e. The number of aromatic nitrogens is 1. The largest absolute Gasteiger partial charge is 0.353 e. The summed E-state index contributed by atoms with van der Waals surface area (Å²) in [6.45, 7) is 2.21. The molecule has 1 aromatic heterocycles. The molecule has 2 aromatic rings. The van der Waals surface area contributed by atoms with Crippen LogP contribution in [-0.4, -0.2) is 35.4 Å². The molecule has 2 heterocycles. The molecule has 0 spiro atoms. The Morgan fingerprint density at radius 3 is 3.00 bits per heavy atom. The lowest BCUT2D eigenvalue weighted by molar-refractivity contribution is -0.129. The minimum atomic E-state index is -0.409. The third-order valence-electron chi connectivity index (χ3n) is 4.11. The van der Waals surface area contributed by atoms with Crippen LogP contribution < -0.4 is 5.32 Å². The molecule has 5 heteroatoms. The maximum Gasteiger partial charge on any atom is 0.242 e. The SMILES string of the molecule is O=C1NCCN(CCCc2cccnc2)[C@H]1c1cccc(F)c1. The topological polar surface area (TPSA) is 45.2 Å². The van der Waals surface area contributed by atoms with Gasteiger partial charge in [-0.25, -0.2) is 4.39 Å². The van der Waals surface area contributed by atoms with Gasteiger partial charge < -0.3 is 5.32 Å². The fourth-order valence-corrected chi connectivity index (χ4v) is 3.03. The van der Waals surface area contributed by atoms with Crippen molar-refractivity contribution >= 4 is 5.91 Å². The fraction of sp³-hybridized carbons (Fsp3) is 0.333. The third kappa shape index (κ3) is 3.93. The van der Waals surface area contributed by atoms with Crippen LogP contribution in [0.5, 0.6) is 0 Å². The first-order valence-corrected chi connectivity index (χ1v) is 7.90. The summed E-state index contributed by atoms with van der Waals surface area (Å²) in [6.07, 6.45) is 5.48. The van der Waals surface area contributed by atoms with E-state index in [1.165, 1.54) is 17.7 Å². The zero-order valence-corrected chi connectivity index (χ0v) is 12.9. The minimum absolute atomic E-state index is 0.0526. The van der Waals surface area contributed by atoms with E-state index in [4.69, 9.17) is 0 Å². The zero-order valence-electron chi connectivity index (χ0n) is 12.9. The van der Waals surface area contributed by atoms with Crippen LogP contribution in [0, 0.1) is 5.82 Å². The summed E-state index contributed by atoms with van der Waals surface area (Å²) in [7, 11) is 0. The Kier molecular flexibility index (Phi) is 4.98. The van der Waals surface area contributed by atoms with Crippen LogP contribution in [0.1, 0.15) is 23.6 Å². The van der Waals surface area contributed by atoms with Crippen molar-refractivity contribution in [2.45, 2.75) is 18.9 Å². The number of amides is 1. The summed E-state index contributed by atoms with van der Waals surface area (Å²) in [5, 5.41) is 2.88. The summed E-state index contributed by atoms with van der Waals surface area (Å²) in [4.78, 5) is 18.5. The van der Waals surface area contributed by atoms with Crippen LogP contribution in [-0.2, 0) is 11.2 Å². The molecule has 1 saturated heterocycles. The van der Waals surface area contributed by atoms with Gasteiger partial charge in [0, 0.05) is 25.5 Å². The van der Waals surface area contributed by atoms with Crippen molar-refractivity contribution in [2.24, 2.45) is 0 Å². The lowest BCUT2D eigenvalue weighted by atomic mass is 10.0. The summed E-state index contributed by atoms with van der Waals surface area (Å²) in [5.41, 5.74) is 1.90. The molecular formula is C18H20FN3O. The summed E-state index contributed by atoms with van der Waals surface area (Å²) in [5.74, 6) is -0.362. The smallest absolute Gasteiger partial charge is 0.242 e. The van der Waals surface area contributed by atoms with Gasteiger partial charge >= 0.3 is 0 Å². The van der Waals surface area contributed by atoms with Gasteiger partial charge in [0.05, 0.1) is 0 Å². The van der Waals surface area contributed by atoms with E-state index in [0.29, 0.717) is 12.1 Å². The van der Waals surface area contributed by atoms with Crippen molar-refractivity contribution in [1.29, 1.82) is 0 Å². The van der Waals surface area contributed by atoms with Gasteiger partial charge in [-0.15, -0.1) is 0 Å². The highest BCUT2D eigenvalue weighted by molar-refractivity contribution is 5.83. The number of aryl methyl sites for hydroxylation is 1. The number of carbonyl (C=O) groups is 1. The molecule has 1 aliphatic heterocycles. The number of halogens is 1. The van der Waals surface area contributed by atoms with Crippen LogP contribution in [0.4, 0.5) is 4.39 Å². The van der Waals surface area contributed by atoms with E-state index in [9.17, 15) is 9.18 Å². The molecule has 0 radical (unpaired) electrons. The molecule has 0 saturated carbocycles. The summed E-state index contributed by atoms with van der Waals surface area (Å²) >= 11 is 0. The number of nitrogens with zero attached hydrogens (tertiary/aromatic N) is 2. The number of benzene rings is 1. The maximum absolute atomic E-state index is 13.5. The van der Waals surface area contributed by atoms with Crippen LogP contribution in [0.15, 0.2) is 48.8 Å². The molecule has 1 fully saturated rings. The van der Waals surface area contributed by atoms with Gasteiger partial charge in [0.2, 0.25) is 5.91 Å². The van der Waals surface area contributed by atoms with Crippen molar-refractivity contribution in [3.8, 4) is 0 Å². The number of nitrogens with one attached hydrogen (secondary N) is 1. The van der Waals surface area contributed by atoms with Crippen molar-refractivity contribution in [1.82, 2.24) is 15.2 Å². The predicted molar refractivity (Wildman–Crippen MR) is 86.3 cm³/mol. The average molecular weight is 313 g/mol. The lowest BCUT2D eigenvalue weighted by Crippen LogP contribution is -2.50. The van der Waals surface area contributed by atoms with E-state index in [1.807, 2.05) is 18.3 Å². The van der Waals surface area contributed by atoms with Crippen molar-refractivity contribution in [3.63, 3.8) is 0 Å². The second-order valence-electron chi connectivity index (χ2n) is 5.75. The van der Waals surface area contributed by atoms with E-state index in [0.717, 1.165) is 25.9 Å². The van der Waals surface area contributed by atoms with Crippen molar-refractivity contribution in [3.05, 3.63) is 65.7 Å². The molecule has 4 nitrogen and oxygen atoms in total. The van der Waals surface area contributed by atoms with Gasteiger partial charge in [-0.1, -0.05) is 18.2 Å². The first-order chi connectivity index (χ1) is 11.2. The molecule has 3 rings (SSSR count). The van der Waals surface area contributed by atoms with Gasteiger partial charge in [-0.05, 0) is 48.7 Å². The first-order valence-electron chi connectivity index (χ1n) is 7.90. The molecular weight excluding hydrogens is 293 g/mol. The quantitative estimate of drug-likeness (QED) is 0.921. The molecule has 1 aliphatic rings. The standard InChI is InChI=1S/C18H20FN3O/c19-16-7-1-6-15(12-16)17-18(23)21-9-11-22(17)10-3-5-14-4-2-8-20-13-14/h1-2,4,6-8,12-13,17H,3,5,9-11H2,(H,21,23)/t17-/m0/s1. The van der Waals surface area contributed by atoms with Crippen LogP contribution in [0.2, 0.25) is 0 Å². The highest BCUT2D eigenvalue weighted by atomic mass is 19.1. The van der Waals surface area contributed by atoms with E-state index < -0.39 is 6.04 Å². The first kappa shape index (κ1) is 15.6. The second kappa shape index (κ2) is 7.33. The van der Waals surface area contributed by atoms with E-state index in [1.54, 1.807) is 12.3 Å². The molecule has 0 bridgehead atoms. The molecule has 0 unspecified atom stereocenters. The summed E-state index contributed by atoms with van der Waals surface area (Å²) < 4.78 is 13.5. The number of piperazine rings is 1. The Balaban J connectivity index is 1.67. The zero-order chi connectivity index (χ0) is 16.1. The van der Waals surface area contributed by atoms with Gasteiger partial charge in [0.1, 0.15) is 11.9 Å². The fourth-order valence-electron chi connectivity index (χ4n) is 3.03. The number of hydrogen-bond acceptors (Lipinski definition) is 3. The van der Waals surface area contributed by atoms with Crippen LogP contribution in [0.3, 0.4) is 0 Å². The highest BCUT2D eigenvalue weighted by Crippen LogP contribution is 2.24. The average Bonchev–Trinajstić information content (AvgIpc) is 2.56. The van der Waals surface area contributed by atoms with Gasteiger partial charge in [0.15, 0.2) is 0 Å². The van der Waals surface area contributed by atoms with Crippen molar-refractivity contribution in [2.75, 3.05) is 19.6 Å². The highest BCUT2D eigenvalue weighted by Gasteiger charge is 2.30. The van der Waals surface area contributed by atoms with Gasteiger partial charge in [0.25, 0.3) is 0 Å². The Morgan fingerprint density at radius 2 is 2.22 bits per heavy atom. The lowest BCUT2D eigenvalue weighted by Gasteiger charge is -2.35. The Labute approximate surface area is 135 Å². The Bertz CT molecular complexity index is 662. The number of carbonyl (C=O) groups excluding carboxylic acids is 1. The third-order valence-corrected chi connectivity index (χ3v) is 4.11. The second-order valence-corrected chi connectivity index (χ2v) is 5.75. The number of pyridine rings is 1. The summed E-state index contributed by atoms with van der Waals surface area (Å²) in [6, 6.07) is 9.89. The molecule has 1 aromatic carbocycles. The Morgan fingerprint density at radius 1 is 1.30 bits per heavy atom. The molecule has 0 aliphatic carbocycles. The van der Waals surface area contributed by atoms with Gasteiger partial charge in [-0.3, -0.25) is 14.7 Å². The Hall–Kier alpha value is -2.27. The van der Waals surface area contributed by atoms with Crippen LogP contribution in [0.25, 0.3) is 0 Å². The number of rotatable bonds is 5. The molecule has 120 valence electrons. The van der Waals surface area contributed by atoms with Gasteiger partial charge in [-0.2, -0.15) is 0 Å². The molecule has 23 heavy (non-hydrogen) atoms. The molecule has 1 amide bonds. The maximum atomic E-state index is 13.5. The normalized spacial score (nSPS) is 18.7.